The summed E-state index contributed by atoms with van der Waals surface area (Å²) < 4.78 is 19.2. The molecule has 2 aliphatic carbocycles. The number of carbonyl (C=O) groups is 1. The summed E-state index contributed by atoms with van der Waals surface area (Å²) in [6.07, 6.45) is 7.79. The van der Waals surface area contributed by atoms with Crippen molar-refractivity contribution < 1.29 is 9.18 Å². The molecule has 1 saturated carbocycles. The van der Waals surface area contributed by atoms with E-state index in [-0.39, 0.29) is 11.5 Å². The van der Waals surface area contributed by atoms with Crippen molar-refractivity contribution in [3.8, 4) is 11.1 Å². The number of hydrogen-bond acceptors (Lipinski definition) is 6. The maximum atomic E-state index is 15.4. The quantitative estimate of drug-likeness (QED) is 0.308. The molecular weight excluding hydrogens is 581 g/mol. The highest BCUT2D eigenvalue weighted by Gasteiger charge is 2.43. The second kappa shape index (κ2) is 11.1. The zero-order valence-electron chi connectivity index (χ0n) is 26.7. The van der Waals surface area contributed by atoms with Gasteiger partial charge in [-0.25, -0.2) is 9.37 Å². The fraction of sp³-hybridized carbons (Fsp3) is 0.417. The molecule has 46 heavy (non-hydrogen) atoms. The normalized spacial score (nSPS) is 20.7. The number of aryl methyl sites for hydroxylation is 1. The van der Waals surface area contributed by atoms with Gasteiger partial charge in [-0.1, -0.05) is 6.92 Å². The standard InChI is InChI=1S/C36H40FN7O2/c1-4-27-28(17-25(37)18-31(27)44-14-13-43-32(36(44)46)19-29-22-5-6-23(15-22)34(29)43)24-16-30(35(45)41(3)21-24)39-33-8-7-26(20-38-33)42-11-9-40(2)10-12-42/h7-8,16-23H,4-6,9-15H2,1-3H3,(H,38,39). The molecule has 2 fully saturated rings. The van der Waals surface area contributed by atoms with E-state index in [2.05, 4.69) is 37.8 Å². The Bertz CT molecular complexity index is 1900. The van der Waals surface area contributed by atoms with Crippen LogP contribution in [0.25, 0.3) is 11.1 Å². The van der Waals surface area contributed by atoms with Crippen molar-refractivity contribution in [1.29, 1.82) is 0 Å². The number of likely N-dealkylation sites (N-methyl/N-ethyl adjacent to an activating group) is 1. The maximum Gasteiger partial charge on any atom is 0.274 e. The van der Waals surface area contributed by atoms with E-state index >= 15 is 4.39 Å². The molecule has 2 bridgehead atoms. The summed E-state index contributed by atoms with van der Waals surface area (Å²) in [5.41, 5.74) is 7.47. The lowest BCUT2D eigenvalue weighted by atomic mass is 9.95. The third-order valence-electron chi connectivity index (χ3n) is 10.6. The van der Waals surface area contributed by atoms with Crippen LogP contribution in [-0.2, 0) is 20.0 Å². The number of nitrogens with zero attached hydrogens (tertiary/aromatic N) is 6. The third-order valence-corrected chi connectivity index (χ3v) is 10.6. The minimum Gasteiger partial charge on any atom is -0.368 e. The predicted molar refractivity (Wildman–Crippen MR) is 179 cm³/mol. The number of anilines is 4. The van der Waals surface area contributed by atoms with E-state index in [0.29, 0.717) is 59.7 Å². The minimum atomic E-state index is -0.416. The highest BCUT2D eigenvalue weighted by molar-refractivity contribution is 6.07. The van der Waals surface area contributed by atoms with Gasteiger partial charge in [0.25, 0.3) is 11.5 Å². The first-order valence-electron chi connectivity index (χ1n) is 16.5. The van der Waals surface area contributed by atoms with Gasteiger partial charge in [-0.05, 0) is 91.7 Å². The summed E-state index contributed by atoms with van der Waals surface area (Å²) in [7, 11) is 3.82. The number of nitrogens with one attached hydrogen (secondary N) is 1. The van der Waals surface area contributed by atoms with Gasteiger partial charge in [-0.2, -0.15) is 0 Å². The molecule has 0 spiro atoms. The van der Waals surface area contributed by atoms with Crippen LogP contribution in [0.15, 0.2) is 53.6 Å². The minimum absolute atomic E-state index is 0.0692. The number of aromatic nitrogens is 3. The molecule has 2 atom stereocenters. The van der Waals surface area contributed by atoms with Crippen molar-refractivity contribution in [3.63, 3.8) is 0 Å². The molecule has 238 valence electrons. The Morgan fingerprint density at radius 2 is 1.76 bits per heavy atom. The van der Waals surface area contributed by atoms with Crippen LogP contribution >= 0.6 is 0 Å². The molecule has 8 rings (SSSR count). The number of amides is 1. The predicted octanol–water partition coefficient (Wildman–Crippen LogP) is 5.47. The highest BCUT2D eigenvalue weighted by atomic mass is 19.1. The Labute approximate surface area is 268 Å². The van der Waals surface area contributed by atoms with E-state index in [9.17, 15) is 9.59 Å². The van der Waals surface area contributed by atoms with Crippen LogP contribution in [0.5, 0.6) is 0 Å². The van der Waals surface area contributed by atoms with E-state index in [4.69, 9.17) is 0 Å². The van der Waals surface area contributed by atoms with Gasteiger partial charge in [0.2, 0.25) is 0 Å². The van der Waals surface area contributed by atoms with E-state index in [0.717, 1.165) is 43.1 Å². The van der Waals surface area contributed by atoms with Crippen molar-refractivity contribution in [2.75, 3.05) is 54.9 Å². The molecular formula is C36H40FN7O2. The molecule has 9 nitrogen and oxygen atoms in total. The monoisotopic (exact) mass is 621 g/mol. The number of piperazine rings is 1. The summed E-state index contributed by atoms with van der Waals surface area (Å²) in [6, 6.07) is 10.8. The number of halogens is 1. The SMILES string of the molecule is CCc1c(-c2cc(Nc3ccc(N4CCN(C)CC4)cn3)c(=O)n(C)c2)cc(F)cc1N1CCn2c(cc3c2C2CCC3C2)C1=O. The molecule has 2 unspecified atom stereocenters. The molecule has 4 aromatic rings. The van der Waals surface area contributed by atoms with Crippen molar-refractivity contribution >= 4 is 28.8 Å². The average molecular weight is 622 g/mol. The second-order valence-electron chi connectivity index (χ2n) is 13.4. The van der Waals surface area contributed by atoms with Crippen molar-refractivity contribution in [1.82, 2.24) is 19.0 Å². The molecule has 1 N–H and O–H groups in total. The van der Waals surface area contributed by atoms with Gasteiger partial charge >= 0.3 is 0 Å². The Morgan fingerprint density at radius 1 is 0.957 bits per heavy atom. The molecule has 5 heterocycles. The van der Waals surface area contributed by atoms with Crippen LogP contribution in [0.3, 0.4) is 0 Å². The smallest absolute Gasteiger partial charge is 0.274 e. The van der Waals surface area contributed by atoms with E-state index in [1.807, 2.05) is 25.3 Å². The number of rotatable bonds is 6. The van der Waals surface area contributed by atoms with Gasteiger partial charge in [0.05, 0.1) is 17.6 Å². The van der Waals surface area contributed by atoms with Crippen LogP contribution in [0, 0.1) is 5.82 Å². The van der Waals surface area contributed by atoms with Gasteiger partial charge in [0.1, 0.15) is 23.0 Å². The summed E-state index contributed by atoms with van der Waals surface area (Å²) in [6.45, 7) is 7.14. The van der Waals surface area contributed by atoms with Crippen LogP contribution in [-0.4, -0.2) is 64.7 Å². The van der Waals surface area contributed by atoms with Gasteiger partial charge in [0, 0.05) is 69.7 Å². The van der Waals surface area contributed by atoms with Crippen LogP contribution < -0.4 is 20.7 Å². The van der Waals surface area contributed by atoms with E-state index < -0.39 is 5.82 Å². The summed E-state index contributed by atoms with van der Waals surface area (Å²) in [5, 5.41) is 3.21. The lowest BCUT2D eigenvalue weighted by molar-refractivity contribution is 0.0964. The Hall–Kier alpha value is -4.44. The lowest BCUT2D eigenvalue weighted by Gasteiger charge is -2.33. The molecule has 4 aliphatic rings. The molecule has 1 amide bonds. The number of hydrogen-bond donors (Lipinski definition) is 1. The van der Waals surface area contributed by atoms with Crippen molar-refractivity contribution in [3.05, 3.63) is 87.5 Å². The van der Waals surface area contributed by atoms with Crippen LogP contribution in [0.4, 0.5) is 27.3 Å². The molecule has 1 aromatic carbocycles. The largest absolute Gasteiger partial charge is 0.368 e. The summed E-state index contributed by atoms with van der Waals surface area (Å²) in [5.74, 6) is 1.22. The Kier molecular flexibility index (Phi) is 7.01. The number of benzene rings is 1. The molecule has 3 aromatic heterocycles. The molecule has 1 saturated heterocycles. The summed E-state index contributed by atoms with van der Waals surface area (Å²) in [4.78, 5) is 38.2. The van der Waals surface area contributed by atoms with Gasteiger partial charge in [-0.3, -0.25) is 9.59 Å². The van der Waals surface area contributed by atoms with Gasteiger partial charge in [0.15, 0.2) is 0 Å². The number of pyridine rings is 2. The summed E-state index contributed by atoms with van der Waals surface area (Å²) >= 11 is 0. The highest BCUT2D eigenvalue weighted by Crippen LogP contribution is 2.54. The zero-order chi connectivity index (χ0) is 31.7. The first-order chi connectivity index (χ1) is 22.3. The van der Waals surface area contributed by atoms with Crippen molar-refractivity contribution in [2.24, 2.45) is 7.05 Å². The number of carbonyl (C=O) groups excluding carboxylic acids is 1. The maximum absolute atomic E-state index is 15.4. The molecule has 2 aliphatic heterocycles. The fourth-order valence-electron chi connectivity index (χ4n) is 8.26. The fourth-order valence-corrected chi connectivity index (χ4v) is 8.26. The second-order valence-corrected chi connectivity index (χ2v) is 13.4. The zero-order valence-corrected chi connectivity index (χ0v) is 26.7. The van der Waals surface area contributed by atoms with E-state index in [1.54, 1.807) is 24.2 Å². The van der Waals surface area contributed by atoms with Crippen LogP contribution in [0.2, 0.25) is 0 Å². The van der Waals surface area contributed by atoms with Crippen molar-refractivity contribution in [2.45, 2.75) is 51.0 Å². The first-order valence-corrected chi connectivity index (χ1v) is 16.5. The van der Waals surface area contributed by atoms with E-state index in [1.165, 1.54) is 47.2 Å². The topological polar surface area (TPSA) is 78.6 Å². The molecule has 0 radical (unpaired) electrons. The average Bonchev–Trinajstić information content (AvgIpc) is 3.78. The van der Waals surface area contributed by atoms with Gasteiger partial charge < -0.3 is 29.2 Å². The Balaban J connectivity index is 1.11. The first kappa shape index (κ1) is 29.0. The molecule has 10 heteroatoms. The Morgan fingerprint density at radius 3 is 2.52 bits per heavy atom. The van der Waals surface area contributed by atoms with Gasteiger partial charge in [-0.15, -0.1) is 0 Å². The third kappa shape index (κ3) is 4.73. The van der Waals surface area contributed by atoms with Crippen LogP contribution in [0.1, 0.15) is 65.3 Å². The number of fused-ring (bicyclic) bond motifs is 7. The lowest BCUT2D eigenvalue weighted by Crippen LogP contribution is -2.44.